The molecule has 0 amide bonds. The van der Waals surface area contributed by atoms with Crippen molar-refractivity contribution in [2.24, 2.45) is 0 Å². The lowest BCUT2D eigenvalue weighted by molar-refractivity contribution is 0.0761. The predicted octanol–water partition coefficient (Wildman–Crippen LogP) is 4.49. The van der Waals surface area contributed by atoms with Gasteiger partial charge in [0, 0.05) is 24.1 Å². The molecule has 152 valence electrons. The molecule has 1 heterocycles. The zero-order chi connectivity index (χ0) is 20.4. The van der Waals surface area contributed by atoms with Gasteiger partial charge in [0.1, 0.15) is 29.8 Å². The molecule has 0 aliphatic carbocycles. The molecule has 0 spiro atoms. The third kappa shape index (κ3) is 4.24. The highest BCUT2D eigenvalue weighted by atomic mass is 16.5. The van der Waals surface area contributed by atoms with Gasteiger partial charge in [-0.2, -0.15) is 0 Å². The molecule has 4 heteroatoms. The standard InChI is InChI=1S/C25H29NO3/c1-25(2)14-23(21-10-6-8-17-7-4-5-9-20(17)21)22-12-11-19(13-24(22)29-25)28-16-18(27)15-26-3/h4-13,18,23,26-27H,14-16H2,1-3H3. The number of fused-ring (bicyclic) bond motifs is 2. The average molecular weight is 392 g/mol. The summed E-state index contributed by atoms with van der Waals surface area (Å²) in [6.07, 6.45) is 0.367. The molecule has 2 unspecified atom stereocenters. The maximum Gasteiger partial charge on any atom is 0.127 e. The van der Waals surface area contributed by atoms with E-state index >= 15 is 0 Å². The van der Waals surface area contributed by atoms with Crippen LogP contribution < -0.4 is 14.8 Å². The summed E-state index contributed by atoms with van der Waals surface area (Å²) in [5, 5.41) is 15.4. The number of nitrogens with one attached hydrogen (secondary N) is 1. The van der Waals surface area contributed by atoms with Crippen molar-refractivity contribution in [1.82, 2.24) is 5.32 Å². The first-order valence-corrected chi connectivity index (χ1v) is 10.2. The zero-order valence-electron chi connectivity index (χ0n) is 17.3. The first-order valence-electron chi connectivity index (χ1n) is 10.2. The van der Waals surface area contributed by atoms with E-state index in [0.717, 1.165) is 12.2 Å². The van der Waals surface area contributed by atoms with Crippen molar-refractivity contribution in [3.8, 4) is 11.5 Å². The van der Waals surface area contributed by atoms with Crippen LogP contribution in [0.2, 0.25) is 0 Å². The third-order valence-corrected chi connectivity index (χ3v) is 5.52. The lowest BCUT2D eigenvalue weighted by Crippen LogP contribution is -2.35. The van der Waals surface area contributed by atoms with Crippen molar-refractivity contribution in [2.45, 2.75) is 37.9 Å². The molecule has 3 aromatic carbocycles. The third-order valence-electron chi connectivity index (χ3n) is 5.52. The Morgan fingerprint density at radius 3 is 2.72 bits per heavy atom. The van der Waals surface area contributed by atoms with Gasteiger partial charge >= 0.3 is 0 Å². The van der Waals surface area contributed by atoms with E-state index in [1.807, 2.05) is 19.2 Å². The number of aliphatic hydroxyl groups excluding tert-OH is 1. The van der Waals surface area contributed by atoms with Crippen LogP contribution >= 0.6 is 0 Å². The van der Waals surface area contributed by atoms with Crippen molar-refractivity contribution in [2.75, 3.05) is 20.2 Å². The lowest BCUT2D eigenvalue weighted by Gasteiger charge is -2.38. The highest BCUT2D eigenvalue weighted by Gasteiger charge is 2.35. The van der Waals surface area contributed by atoms with Crippen LogP contribution in [0.25, 0.3) is 10.8 Å². The monoisotopic (exact) mass is 391 g/mol. The molecule has 3 aromatic rings. The minimum atomic E-state index is -0.545. The van der Waals surface area contributed by atoms with Crippen molar-refractivity contribution in [1.29, 1.82) is 0 Å². The molecular formula is C25H29NO3. The van der Waals surface area contributed by atoms with Gasteiger partial charge in [0.15, 0.2) is 0 Å². The zero-order valence-corrected chi connectivity index (χ0v) is 17.3. The van der Waals surface area contributed by atoms with E-state index in [0.29, 0.717) is 12.3 Å². The Kier molecular flexibility index (Phi) is 5.48. The van der Waals surface area contributed by atoms with Crippen LogP contribution in [0.5, 0.6) is 11.5 Å². The average Bonchev–Trinajstić information content (AvgIpc) is 2.70. The number of rotatable bonds is 6. The smallest absolute Gasteiger partial charge is 0.127 e. The largest absolute Gasteiger partial charge is 0.491 e. The summed E-state index contributed by atoms with van der Waals surface area (Å²) >= 11 is 0. The fourth-order valence-electron chi connectivity index (χ4n) is 4.24. The van der Waals surface area contributed by atoms with Crippen LogP contribution in [0.4, 0.5) is 0 Å². The van der Waals surface area contributed by atoms with Crippen LogP contribution in [0.3, 0.4) is 0 Å². The van der Waals surface area contributed by atoms with Gasteiger partial charge in [0.25, 0.3) is 0 Å². The minimum absolute atomic E-state index is 0.246. The highest BCUT2D eigenvalue weighted by molar-refractivity contribution is 5.86. The number of hydrogen-bond acceptors (Lipinski definition) is 4. The second-order valence-corrected chi connectivity index (χ2v) is 8.41. The number of benzene rings is 3. The van der Waals surface area contributed by atoms with Crippen LogP contribution in [0, 0.1) is 0 Å². The molecule has 29 heavy (non-hydrogen) atoms. The molecule has 0 aromatic heterocycles. The van der Waals surface area contributed by atoms with Crippen molar-refractivity contribution in [3.05, 3.63) is 71.8 Å². The number of ether oxygens (including phenoxy) is 2. The Hall–Kier alpha value is -2.56. The fraction of sp³-hybridized carbons (Fsp3) is 0.360. The normalized spacial score (nSPS) is 18.7. The molecule has 1 aliphatic heterocycles. The van der Waals surface area contributed by atoms with Crippen LogP contribution in [-0.4, -0.2) is 37.0 Å². The Bertz CT molecular complexity index is 993. The van der Waals surface area contributed by atoms with Crippen molar-refractivity contribution in [3.63, 3.8) is 0 Å². The Morgan fingerprint density at radius 1 is 1.10 bits per heavy atom. The van der Waals surface area contributed by atoms with Crippen molar-refractivity contribution >= 4 is 10.8 Å². The van der Waals surface area contributed by atoms with Gasteiger partial charge < -0.3 is 19.9 Å². The molecule has 0 bridgehead atoms. The molecular weight excluding hydrogens is 362 g/mol. The fourth-order valence-corrected chi connectivity index (χ4v) is 4.24. The minimum Gasteiger partial charge on any atom is -0.491 e. The van der Waals surface area contributed by atoms with E-state index in [1.165, 1.54) is 21.9 Å². The molecule has 2 atom stereocenters. The van der Waals surface area contributed by atoms with Gasteiger partial charge in [0.05, 0.1) is 0 Å². The van der Waals surface area contributed by atoms with Crippen LogP contribution in [0.1, 0.15) is 37.3 Å². The summed E-state index contributed by atoms with van der Waals surface area (Å²) in [7, 11) is 1.81. The second-order valence-electron chi connectivity index (χ2n) is 8.41. The lowest BCUT2D eigenvalue weighted by atomic mass is 9.78. The van der Waals surface area contributed by atoms with Gasteiger partial charge in [-0.15, -0.1) is 0 Å². The van der Waals surface area contributed by atoms with Gasteiger partial charge in [-0.1, -0.05) is 48.5 Å². The number of likely N-dealkylation sites (N-methyl/N-ethyl adjacent to an activating group) is 1. The first kappa shape index (κ1) is 19.7. The quantitative estimate of drug-likeness (QED) is 0.650. The topological polar surface area (TPSA) is 50.7 Å². The Labute approximate surface area is 172 Å². The van der Waals surface area contributed by atoms with Crippen LogP contribution in [-0.2, 0) is 0 Å². The Morgan fingerprint density at radius 2 is 1.90 bits per heavy atom. The highest BCUT2D eigenvalue weighted by Crippen LogP contribution is 2.46. The van der Waals surface area contributed by atoms with Crippen molar-refractivity contribution < 1.29 is 14.6 Å². The molecule has 0 fully saturated rings. The molecule has 0 radical (unpaired) electrons. The van der Waals surface area contributed by atoms with Crippen LogP contribution in [0.15, 0.2) is 60.7 Å². The van der Waals surface area contributed by atoms with Gasteiger partial charge in [-0.3, -0.25) is 0 Å². The van der Waals surface area contributed by atoms with E-state index < -0.39 is 6.10 Å². The van der Waals surface area contributed by atoms with E-state index in [1.54, 1.807) is 0 Å². The number of aliphatic hydroxyl groups is 1. The molecule has 0 saturated carbocycles. The predicted molar refractivity (Wildman–Crippen MR) is 117 cm³/mol. The SMILES string of the molecule is CNCC(O)COc1ccc2c(c1)OC(C)(C)CC2c1cccc2ccccc12. The van der Waals surface area contributed by atoms with E-state index in [9.17, 15) is 5.11 Å². The molecule has 1 aliphatic rings. The Balaban J connectivity index is 1.69. The van der Waals surface area contributed by atoms with E-state index in [4.69, 9.17) is 9.47 Å². The summed E-state index contributed by atoms with van der Waals surface area (Å²) in [5.41, 5.74) is 2.24. The van der Waals surface area contributed by atoms with Gasteiger partial charge in [0.2, 0.25) is 0 Å². The van der Waals surface area contributed by atoms with E-state index in [2.05, 4.69) is 67.7 Å². The maximum absolute atomic E-state index is 9.90. The summed E-state index contributed by atoms with van der Waals surface area (Å²) in [5.74, 6) is 1.83. The maximum atomic E-state index is 9.90. The second kappa shape index (κ2) is 8.05. The van der Waals surface area contributed by atoms with E-state index in [-0.39, 0.29) is 18.1 Å². The van der Waals surface area contributed by atoms with Gasteiger partial charge in [-0.05, 0) is 49.7 Å². The summed E-state index contributed by atoms with van der Waals surface area (Å²) in [6.45, 7) is 5.02. The summed E-state index contributed by atoms with van der Waals surface area (Å²) in [6, 6.07) is 21.1. The van der Waals surface area contributed by atoms with Gasteiger partial charge in [-0.25, -0.2) is 0 Å². The number of hydrogen-bond donors (Lipinski definition) is 2. The first-order chi connectivity index (χ1) is 14.0. The molecule has 2 N–H and O–H groups in total. The summed E-state index contributed by atoms with van der Waals surface area (Å²) in [4.78, 5) is 0. The molecule has 0 saturated heterocycles. The summed E-state index contributed by atoms with van der Waals surface area (Å²) < 4.78 is 12.1. The molecule has 4 rings (SSSR count). The molecule has 4 nitrogen and oxygen atoms in total.